The number of hydrogen-bond donors (Lipinski definition) is 1. The van der Waals surface area contributed by atoms with E-state index in [0.717, 1.165) is 0 Å². The Balaban J connectivity index is 1.64. The average Bonchev–Trinajstić information content (AvgIpc) is 3.18. The van der Waals surface area contributed by atoms with Crippen LogP contribution >= 0.6 is 11.6 Å². The second-order valence-electron chi connectivity index (χ2n) is 6.83. The molecule has 9 nitrogen and oxygen atoms in total. The van der Waals surface area contributed by atoms with Crippen molar-refractivity contribution in [3.05, 3.63) is 17.2 Å². The van der Waals surface area contributed by atoms with Crippen molar-refractivity contribution >= 4 is 39.1 Å². The number of benzene rings is 1. The highest BCUT2D eigenvalue weighted by atomic mass is 35.5. The van der Waals surface area contributed by atoms with Gasteiger partial charge >= 0.3 is 0 Å². The second kappa shape index (κ2) is 7.51. The van der Waals surface area contributed by atoms with E-state index in [9.17, 15) is 18.0 Å². The van der Waals surface area contributed by atoms with Crippen LogP contribution in [-0.4, -0.2) is 74.9 Å². The predicted octanol–water partition coefficient (Wildman–Crippen LogP) is 0.683. The number of carbonyl (C=O) groups is 2. The molecule has 1 atom stereocenters. The van der Waals surface area contributed by atoms with Crippen molar-refractivity contribution in [2.45, 2.75) is 23.8 Å². The number of nitrogens with one attached hydrogen (secondary N) is 1. The number of ether oxygens (including phenoxy) is 2. The summed E-state index contributed by atoms with van der Waals surface area (Å²) in [6, 6.07) is 1.91. The van der Waals surface area contributed by atoms with Crippen LogP contribution in [0.5, 0.6) is 5.75 Å². The highest BCUT2D eigenvalue weighted by Crippen LogP contribution is 2.38. The van der Waals surface area contributed by atoms with Crippen LogP contribution in [0.1, 0.15) is 12.8 Å². The van der Waals surface area contributed by atoms with Crippen molar-refractivity contribution < 1.29 is 27.5 Å². The molecular formula is C17H20ClN3O6S. The highest BCUT2D eigenvalue weighted by molar-refractivity contribution is 7.89. The summed E-state index contributed by atoms with van der Waals surface area (Å²) in [7, 11) is -4.02. The van der Waals surface area contributed by atoms with Crippen LogP contribution in [0.2, 0.25) is 5.02 Å². The SMILES string of the molecule is O=C1COc2cc(S(=O)(=O)N3CCCC3C(=O)N3CCOCC3)c(Cl)cc2N1. The van der Waals surface area contributed by atoms with Gasteiger partial charge in [-0.25, -0.2) is 8.42 Å². The minimum atomic E-state index is -4.02. The molecule has 1 unspecified atom stereocenters. The van der Waals surface area contributed by atoms with Crippen LogP contribution in [0, 0.1) is 0 Å². The molecule has 152 valence electrons. The quantitative estimate of drug-likeness (QED) is 0.757. The number of hydrogen-bond acceptors (Lipinski definition) is 6. The van der Waals surface area contributed by atoms with Crippen molar-refractivity contribution in [3.63, 3.8) is 0 Å². The maximum Gasteiger partial charge on any atom is 0.262 e. The Morgan fingerprint density at radius 2 is 1.96 bits per heavy atom. The number of anilines is 1. The van der Waals surface area contributed by atoms with Crippen LogP contribution in [-0.2, 0) is 24.3 Å². The number of fused-ring (bicyclic) bond motifs is 1. The van der Waals surface area contributed by atoms with E-state index in [2.05, 4.69) is 5.32 Å². The lowest BCUT2D eigenvalue weighted by atomic mass is 10.2. The van der Waals surface area contributed by atoms with Gasteiger partial charge in [-0.2, -0.15) is 4.31 Å². The molecule has 1 aromatic rings. The van der Waals surface area contributed by atoms with Crippen molar-refractivity contribution in [2.75, 3.05) is 44.8 Å². The third kappa shape index (κ3) is 3.45. The molecule has 0 radical (unpaired) electrons. The smallest absolute Gasteiger partial charge is 0.262 e. The third-order valence-electron chi connectivity index (χ3n) is 5.07. The molecule has 4 rings (SSSR count). The molecule has 0 aliphatic carbocycles. The number of halogens is 1. The van der Waals surface area contributed by atoms with E-state index in [-0.39, 0.29) is 40.6 Å². The molecule has 2 fully saturated rings. The predicted molar refractivity (Wildman–Crippen MR) is 99.9 cm³/mol. The topological polar surface area (TPSA) is 105 Å². The van der Waals surface area contributed by atoms with Crippen molar-refractivity contribution in [3.8, 4) is 5.75 Å². The van der Waals surface area contributed by atoms with Crippen molar-refractivity contribution in [2.24, 2.45) is 0 Å². The zero-order chi connectivity index (χ0) is 19.9. The number of amides is 2. The van der Waals surface area contributed by atoms with Crippen LogP contribution in [0.25, 0.3) is 0 Å². The normalized spacial score (nSPS) is 23.1. The molecule has 3 aliphatic rings. The molecule has 0 bridgehead atoms. The Kier molecular flexibility index (Phi) is 5.21. The number of carbonyl (C=O) groups excluding carboxylic acids is 2. The van der Waals surface area contributed by atoms with Gasteiger partial charge in [-0.3, -0.25) is 9.59 Å². The van der Waals surface area contributed by atoms with Gasteiger partial charge in [0.15, 0.2) is 6.61 Å². The van der Waals surface area contributed by atoms with Crippen molar-refractivity contribution in [1.29, 1.82) is 0 Å². The van der Waals surface area contributed by atoms with Gasteiger partial charge in [0.05, 0.1) is 23.9 Å². The summed E-state index contributed by atoms with van der Waals surface area (Å²) >= 11 is 6.22. The molecule has 0 spiro atoms. The number of rotatable bonds is 3. The maximum absolute atomic E-state index is 13.3. The lowest BCUT2D eigenvalue weighted by molar-refractivity contribution is -0.138. The lowest BCUT2D eigenvalue weighted by Crippen LogP contribution is -2.51. The van der Waals surface area contributed by atoms with Gasteiger partial charge in [-0.15, -0.1) is 0 Å². The van der Waals surface area contributed by atoms with Gasteiger partial charge < -0.3 is 19.7 Å². The Labute approximate surface area is 167 Å². The molecule has 2 amide bonds. The molecule has 1 aromatic carbocycles. The first kappa shape index (κ1) is 19.4. The van der Waals surface area contributed by atoms with E-state index in [0.29, 0.717) is 44.8 Å². The van der Waals surface area contributed by atoms with Gasteiger partial charge in [-0.1, -0.05) is 11.6 Å². The van der Waals surface area contributed by atoms with Crippen LogP contribution in [0.3, 0.4) is 0 Å². The monoisotopic (exact) mass is 429 g/mol. The highest BCUT2D eigenvalue weighted by Gasteiger charge is 2.42. The second-order valence-corrected chi connectivity index (χ2v) is 9.09. The molecule has 28 heavy (non-hydrogen) atoms. The lowest BCUT2D eigenvalue weighted by Gasteiger charge is -2.32. The van der Waals surface area contributed by atoms with E-state index in [4.69, 9.17) is 21.1 Å². The number of morpholine rings is 1. The van der Waals surface area contributed by atoms with Crippen LogP contribution in [0.15, 0.2) is 17.0 Å². The molecule has 0 aromatic heterocycles. The van der Waals surface area contributed by atoms with Crippen LogP contribution in [0.4, 0.5) is 5.69 Å². The summed E-state index contributed by atoms with van der Waals surface area (Å²) in [5.41, 5.74) is 0.322. The van der Waals surface area contributed by atoms with E-state index >= 15 is 0 Å². The van der Waals surface area contributed by atoms with Gasteiger partial charge in [0, 0.05) is 25.7 Å². The summed E-state index contributed by atoms with van der Waals surface area (Å²) < 4.78 is 38.4. The molecule has 3 heterocycles. The molecule has 3 aliphatic heterocycles. The summed E-state index contributed by atoms with van der Waals surface area (Å²) in [4.78, 5) is 25.9. The first-order valence-electron chi connectivity index (χ1n) is 9.02. The van der Waals surface area contributed by atoms with Gasteiger partial charge in [-0.05, 0) is 18.9 Å². The fraction of sp³-hybridized carbons (Fsp3) is 0.529. The molecular weight excluding hydrogens is 410 g/mol. The summed E-state index contributed by atoms with van der Waals surface area (Å²) in [5.74, 6) is -0.310. The molecule has 2 saturated heterocycles. The number of sulfonamides is 1. The molecule has 1 N–H and O–H groups in total. The zero-order valence-electron chi connectivity index (χ0n) is 15.0. The summed E-state index contributed by atoms with van der Waals surface area (Å²) in [5, 5.41) is 2.56. The fourth-order valence-electron chi connectivity index (χ4n) is 3.67. The van der Waals surface area contributed by atoms with E-state index in [1.54, 1.807) is 4.90 Å². The summed E-state index contributed by atoms with van der Waals surface area (Å²) in [6.45, 7) is 1.85. The minimum Gasteiger partial charge on any atom is -0.482 e. The first-order valence-corrected chi connectivity index (χ1v) is 10.8. The Hall–Kier alpha value is -1.88. The van der Waals surface area contributed by atoms with Gasteiger partial charge in [0.1, 0.15) is 16.7 Å². The van der Waals surface area contributed by atoms with E-state index < -0.39 is 16.1 Å². The minimum absolute atomic E-state index is 0.0333. The molecule has 11 heteroatoms. The van der Waals surface area contributed by atoms with E-state index in [1.807, 2.05) is 0 Å². The Morgan fingerprint density at radius 3 is 2.71 bits per heavy atom. The fourth-order valence-corrected chi connectivity index (χ4v) is 5.84. The van der Waals surface area contributed by atoms with Gasteiger partial charge in [0.25, 0.3) is 5.91 Å². The van der Waals surface area contributed by atoms with Gasteiger partial charge in [0.2, 0.25) is 15.9 Å². The van der Waals surface area contributed by atoms with Crippen molar-refractivity contribution in [1.82, 2.24) is 9.21 Å². The Bertz CT molecular complexity index is 916. The average molecular weight is 430 g/mol. The third-order valence-corrected chi connectivity index (χ3v) is 7.44. The van der Waals surface area contributed by atoms with E-state index in [1.165, 1.54) is 16.4 Å². The first-order chi connectivity index (χ1) is 13.4. The standard InChI is InChI=1S/C17H20ClN3O6S/c18-11-8-12-14(27-10-16(22)19-12)9-15(11)28(24,25)21-3-1-2-13(21)17(23)20-4-6-26-7-5-20/h8-9,13H,1-7,10H2,(H,19,22). The number of nitrogens with zero attached hydrogens (tertiary/aromatic N) is 2. The maximum atomic E-state index is 13.3. The van der Waals surface area contributed by atoms with Crippen LogP contribution < -0.4 is 10.1 Å². The zero-order valence-corrected chi connectivity index (χ0v) is 16.6. The Morgan fingerprint density at radius 1 is 1.21 bits per heavy atom. The largest absolute Gasteiger partial charge is 0.482 e. The molecule has 0 saturated carbocycles. The summed E-state index contributed by atoms with van der Waals surface area (Å²) in [6.07, 6.45) is 1.06.